The minimum Gasteiger partial charge on any atom is -0.381 e. The molecule has 0 bridgehead atoms. The van der Waals surface area contributed by atoms with Crippen LogP contribution in [0.25, 0.3) is 0 Å². The summed E-state index contributed by atoms with van der Waals surface area (Å²) in [5.41, 5.74) is -0.465. The van der Waals surface area contributed by atoms with Crippen molar-refractivity contribution in [3.63, 3.8) is 0 Å². The summed E-state index contributed by atoms with van der Waals surface area (Å²) < 4.78 is 17.3. The van der Waals surface area contributed by atoms with Crippen molar-refractivity contribution in [3.05, 3.63) is 50.6 Å². The molecule has 238 valence electrons. The first-order valence-electron chi connectivity index (χ1n) is 15.0. The van der Waals surface area contributed by atoms with Gasteiger partial charge in [0.25, 0.3) is 0 Å². The number of nitrogens with one attached hydrogen (secondary N) is 3. The topological polar surface area (TPSA) is 132 Å². The van der Waals surface area contributed by atoms with Gasteiger partial charge in [-0.25, -0.2) is 0 Å². The lowest BCUT2D eigenvalue weighted by atomic mass is 9.83. The molecule has 42 heavy (non-hydrogen) atoms. The van der Waals surface area contributed by atoms with Gasteiger partial charge in [-0.15, -0.1) is 0 Å². The van der Waals surface area contributed by atoms with Crippen molar-refractivity contribution >= 4 is 23.5 Å². The van der Waals surface area contributed by atoms with Gasteiger partial charge in [0.1, 0.15) is 0 Å². The van der Waals surface area contributed by atoms with Crippen LogP contribution in [0.15, 0.2) is 50.6 Å². The lowest BCUT2D eigenvalue weighted by Crippen LogP contribution is -2.48. The highest BCUT2D eigenvalue weighted by molar-refractivity contribution is 5.89. The van der Waals surface area contributed by atoms with Crippen LogP contribution in [0, 0.1) is 0 Å². The maximum Gasteiger partial charge on any atom is 0.243 e. The average molecular weight is 592 g/mol. The van der Waals surface area contributed by atoms with Gasteiger partial charge in [-0.2, -0.15) is 0 Å². The van der Waals surface area contributed by atoms with Crippen LogP contribution in [0.1, 0.15) is 70.6 Å². The van der Waals surface area contributed by atoms with E-state index in [2.05, 4.69) is 42.3 Å². The Balaban J connectivity index is 4.81. The zero-order chi connectivity index (χ0) is 31.3. The molecular formula is C32H53N3O7. The van der Waals surface area contributed by atoms with E-state index < -0.39 is 5.54 Å². The third-order valence-electron chi connectivity index (χ3n) is 6.50. The van der Waals surface area contributed by atoms with E-state index in [1.807, 2.05) is 0 Å². The molecule has 0 unspecified atom stereocenters. The smallest absolute Gasteiger partial charge is 0.243 e. The van der Waals surface area contributed by atoms with Crippen molar-refractivity contribution < 1.29 is 33.4 Å². The zero-order valence-corrected chi connectivity index (χ0v) is 25.4. The van der Waals surface area contributed by atoms with Gasteiger partial charge in [0.15, 0.2) is 5.78 Å². The Bertz CT molecular complexity index is 741. The zero-order valence-electron chi connectivity index (χ0n) is 25.4. The van der Waals surface area contributed by atoms with Gasteiger partial charge < -0.3 is 30.2 Å². The van der Waals surface area contributed by atoms with E-state index in [9.17, 15) is 19.2 Å². The van der Waals surface area contributed by atoms with Crippen LogP contribution in [-0.4, -0.2) is 81.8 Å². The Morgan fingerprint density at radius 2 is 0.929 bits per heavy atom. The highest BCUT2D eigenvalue weighted by Crippen LogP contribution is 2.26. The molecule has 10 nitrogen and oxygen atoms in total. The van der Waals surface area contributed by atoms with Crippen molar-refractivity contribution in [1.29, 1.82) is 0 Å². The molecule has 3 N–H and O–H groups in total. The van der Waals surface area contributed by atoms with E-state index in [1.54, 1.807) is 0 Å². The highest BCUT2D eigenvalue weighted by atomic mass is 16.5. The Morgan fingerprint density at radius 1 is 0.524 bits per heavy atom. The quantitative estimate of drug-likeness (QED) is 0.0857. The second-order valence-corrected chi connectivity index (χ2v) is 9.95. The van der Waals surface area contributed by atoms with Gasteiger partial charge in [0.05, 0.1) is 0 Å². The number of ketones is 1. The van der Waals surface area contributed by atoms with E-state index in [0.717, 1.165) is 51.4 Å². The maximum absolute atomic E-state index is 12.4. The molecule has 0 aliphatic rings. The monoisotopic (exact) mass is 591 g/mol. The van der Waals surface area contributed by atoms with Gasteiger partial charge in [-0.3, -0.25) is 19.2 Å². The summed E-state index contributed by atoms with van der Waals surface area (Å²) in [6.45, 7) is 18.3. The van der Waals surface area contributed by atoms with Crippen molar-refractivity contribution in [3.8, 4) is 0 Å². The summed E-state index contributed by atoms with van der Waals surface area (Å²) in [5.74, 6) is -0.578. The predicted molar refractivity (Wildman–Crippen MR) is 166 cm³/mol. The molecule has 0 fully saturated rings. The first-order chi connectivity index (χ1) is 20.3. The number of rotatable bonds is 30. The maximum atomic E-state index is 12.4. The van der Waals surface area contributed by atoms with E-state index in [-0.39, 0.29) is 23.5 Å². The number of allylic oxidation sites excluding steroid dienone is 1. The minimum atomic E-state index is -0.465. The molecule has 0 heterocycles. The number of hydrogen-bond acceptors (Lipinski definition) is 7. The van der Waals surface area contributed by atoms with Crippen LogP contribution < -0.4 is 16.0 Å². The van der Waals surface area contributed by atoms with Gasteiger partial charge in [0, 0.05) is 64.7 Å². The molecule has 0 aromatic carbocycles. The van der Waals surface area contributed by atoms with Crippen LogP contribution in [-0.2, 0) is 33.4 Å². The first kappa shape index (κ1) is 38.9. The molecule has 0 saturated heterocycles. The van der Waals surface area contributed by atoms with Gasteiger partial charge in [-0.05, 0) is 88.5 Å². The summed E-state index contributed by atoms with van der Waals surface area (Å²) in [6.07, 6.45) is 13.0. The largest absolute Gasteiger partial charge is 0.381 e. The molecule has 0 aromatic rings. The summed E-state index contributed by atoms with van der Waals surface area (Å²) in [6, 6.07) is 0. The molecule has 0 aliphatic carbocycles. The minimum absolute atomic E-state index is 0.0460. The molecule has 0 rings (SSSR count). The van der Waals surface area contributed by atoms with E-state index in [0.29, 0.717) is 72.0 Å². The highest BCUT2D eigenvalue weighted by Gasteiger charge is 2.30. The summed E-state index contributed by atoms with van der Waals surface area (Å²) in [4.78, 5) is 46.2. The lowest BCUT2D eigenvalue weighted by molar-refractivity contribution is -0.119. The van der Waals surface area contributed by atoms with Crippen molar-refractivity contribution in [2.24, 2.45) is 0 Å². The Hall–Kier alpha value is -3.08. The second-order valence-electron chi connectivity index (χ2n) is 9.95. The number of amides is 3. The Labute approximate surface area is 252 Å². The first-order valence-corrected chi connectivity index (χ1v) is 15.0. The number of carbonyl (C=O) groups excluding carboxylic acids is 4. The molecule has 0 saturated carbocycles. The van der Waals surface area contributed by atoms with Crippen molar-refractivity contribution in [2.75, 3.05) is 52.7 Å². The van der Waals surface area contributed by atoms with Crippen LogP contribution in [0.4, 0.5) is 0 Å². The molecule has 3 amide bonds. The fourth-order valence-corrected chi connectivity index (χ4v) is 4.24. The Kier molecular flexibility index (Phi) is 24.8. The standard InChI is InChI=1S/C32H53N3O7/c1-5-28(36)16-9-10-22-40-23-11-17-32(35-31(39)8-4,18-12-24-41-26-14-20-33-29(37)6-2)19-13-25-42-27-15-21-34-30(38)7-3/h5-8H,1-4,9-27H2,(H,33,37)(H,34,38)(H,35,39). The molecular weight excluding hydrogens is 538 g/mol. The molecule has 0 atom stereocenters. The van der Waals surface area contributed by atoms with Crippen LogP contribution in [0.5, 0.6) is 0 Å². The summed E-state index contributed by atoms with van der Waals surface area (Å²) in [7, 11) is 0. The number of unbranched alkanes of at least 4 members (excludes halogenated alkanes) is 1. The van der Waals surface area contributed by atoms with Crippen molar-refractivity contribution in [2.45, 2.75) is 76.2 Å². The van der Waals surface area contributed by atoms with E-state index in [1.165, 1.54) is 24.3 Å². The van der Waals surface area contributed by atoms with Crippen LogP contribution in [0.3, 0.4) is 0 Å². The molecule has 0 aliphatic heterocycles. The molecule has 10 heteroatoms. The SMILES string of the molecule is C=CC(=O)CCCCOCCCC(CCCOCCCNC(=O)C=C)(CCCOCCCNC(=O)C=C)NC(=O)C=C. The summed E-state index contributed by atoms with van der Waals surface area (Å²) >= 11 is 0. The third kappa shape index (κ3) is 22.6. The van der Waals surface area contributed by atoms with Crippen LogP contribution in [0.2, 0.25) is 0 Å². The van der Waals surface area contributed by atoms with Crippen LogP contribution >= 0.6 is 0 Å². The molecule has 0 aromatic heterocycles. The van der Waals surface area contributed by atoms with Gasteiger partial charge in [0.2, 0.25) is 17.7 Å². The second kappa shape index (κ2) is 26.8. The van der Waals surface area contributed by atoms with E-state index >= 15 is 0 Å². The molecule has 0 radical (unpaired) electrons. The third-order valence-corrected chi connectivity index (χ3v) is 6.50. The summed E-state index contributed by atoms with van der Waals surface area (Å²) in [5, 5.41) is 8.63. The fraction of sp³-hybridized carbons (Fsp3) is 0.625. The number of ether oxygens (including phenoxy) is 3. The number of hydrogen-bond donors (Lipinski definition) is 3. The van der Waals surface area contributed by atoms with Gasteiger partial charge >= 0.3 is 0 Å². The Morgan fingerprint density at radius 3 is 1.33 bits per heavy atom. The number of carbonyl (C=O) groups is 4. The normalized spacial score (nSPS) is 10.9. The van der Waals surface area contributed by atoms with Crippen molar-refractivity contribution in [1.82, 2.24) is 16.0 Å². The predicted octanol–water partition coefficient (Wildman–Crippen LogP) is 3.73. The lowest BCUT2D eigenvalue weighted by Gasteiger charge is -2.35. The fourth-order valence-electron chi connectivity index (χ4n) is 4.24. The molecule has 0 spiro atoms. The van der Waals surface area contributed by atoms with Gasteiger partial charge in [-0.1, -0.05) is 26.3 Å². The average Bonchev–Trinajstić information content (AvgIpc) is 3.00. The van der Waals surface area contributed by atoms with E-state index in [4.69, 9.17) is 14.2 Å².